The van der Waals surface area contributed by atoms with E-state index in [1.54, 1.807) is 37.4 Å². The molecule has 0 amide bonds. The minimum Gasteiger partial charge on any atom is -0.369 e. The molecule has 0 aromatic carbocycles. The number of nitrogens with one attached hydrogen (secondary N) is 1. The standard InChI is InChI=1S/C24H26F2N6O2S.ClH/c1-24(35(33,34)32-10-7-16-3-2-9-27-22(16)32)8-6-20(30-14-18-4-5-19(15-30)29-18)11-21(24)17-12-28-31(13-17)23(25)26;/h2-3,6-13,18-19,21,23,29H,4-5,14-15H2,1H3;1H. The maximum absolute atomic E-state index is 14.1. The Balaban J connectivity index is 0.00000267. The Hall–Kier alpha value is -2.76. The minimum absolute atomic E-state index is 0. The second-order valence-electron chi connectivity index (χ2n) is 9.69. The SMILES string of the molecule is CC1(S(=O)(=O)n2ccc3cccnc32)C=CC(N2CC3CCC(C2)N3)=CC1c1cnn(C(F)F)c1.Cl. The van der Waals surface area contributed by atoms with Gasteiger partial charge in [0.05, 0.1) is 6.20 Å². The van der Waals surface area contributed by atoms with E-state index in [9.17, 15) is 17.2 Å². The number of pyridine rings is 1. The van der Waals surface area contributed by atoms with Gasteiger partial charge in [-0.15, -0.1) is 12.4 Å². The van der Waals surface area contributed by atoms with Crippen LogP contribution >= 0.6 is 12.4 Å². The lowest BCUT2D eigenvalue weighted by atomic mass is 9.83. The lowest BCUT2D eigenvalue weighted by Crippen LogP contribution is -2.51. The number of halogens is 3. The first-order valence-electron chi connectivity index (χ1n) is 11.7. The van der Waals surface area contributed by atoms with Gasteiger partial charge in [-0.25, -0.2) is 22.1 Å². The van der Waals surface area contributed by atoms with Crippen molar-refractivity contribution in [3.63, 3.8) is 0 Å². The lowest BCUT2D eigenvalue weighted by Gasteiger charge is -2.40. The molecule has 12 heteroatoms. The summed E-state index contributed by atoms with van der Waals surface area (Å²) in [5, 5.41) is 8.10. The van der Waals surface area contributed by atoms with Crippen LogP contribution in [0.25, 0.3) is 11.0 Å². The molecule has 3 aliphatic rings. The third-order valence-electron chi connectivity index (χ3n) is 7.53. The van der Waals surface area contributed by atoms with Gasteiger partial charge in [-0.2, -0.15) is 13.9 Å². The first-order valence-corrected chi connectivity index (χ1v) is 13.1. The second-order valence-corrected chi connectivity index (χ2v) is 11.9. The highest BCUT2D eigenvalue weighted by Gasteiger charge is 2.48. The van der Waals surface area contributed by atoms with E-state index >= 15 is 0 Å². The number of alkyl halides is 2. The van der Waals surface area contributed by atoms with Gasteiger partial charge in [0.2, 0.25) is 10.0 Å². The van der Waals surface area contributed by atoms with Crippen molar-refractivity contribution in [3.05, 3.63) is 72.5 Å². The molecule has 5 heterocycles. The van der Waals surface area contributed by atoms with E-state index in [1.165, 1.54) is 22.6 Å². The summed E-state index contributed by atoms with van der Waals surface area (Å²) in [4.78, 5) is 6.55. The molecule has 3 aromatic heterocycles. The summed E-state index contributed by atoms with van der Waals surface area (Å²) in [7, 11) is -4.05. The third-order valence-corrected chi connectivity index (χ3v) is 9.85. The zero-order chi connectivity index (χ0) is 24.4. The average molecular weight is 537 g/mol. The highest BCUT2D eigenvalue weighted by atomic mass is 35.5. The molecular weight excluding hydrogens is 510 g/mol. The number of nitrogens with zero attached hydrogens (tertiary/aromatic N) is 5. The van der Waals surface area contributed by atoms with E-state index in [4.69, 9.17) is 0 Å². The van der Waals surface area contributed by atoms with Crippen LogP contribution in [0.4, 0.5) is 8.78 Å². The molecule has 4 unspecified atom stereocenters. The monoisotopic (exact) mass is 536 g/mol. The summed E-state index contributed by atoms with van der Waals surface area (Å²) in [5.41, 5.74) is 1.65. The Morgan fingerprint density at radius 2 is 1.94 bits per heavy atom. The van der Waals surface area contributed by atoms with Crippen LogP contribution in [0, 0.1) is 0 Å². The fourth-order valence-corrected chi connectivity index (χ4v) is 7.40. The number of hydrogen-bond acceptors (Lipinski definition) is 6. The zero-order valence-corrected chi connectivity index (χ0v) is 21.2. The van der Waals surface area contributed by atoms with Crippen LogP contribution in [0.5, 0.6) is 0 Å². The molecule has 2 bridgehead atoms. The number of hydrogen-bond donors (Lipinski definition) is 1. The predicted molar refractivity (Wildman–Crippen MR) is 135 cm³/mol. The van der Waals surface area contributed by atoms with E-state index < -0.39 is 27.2 Å². The summed E-state index contributed by atoms with van der Waals surface area (Å²) in [6, 6.07) is 6.06. The van der Waals surface area contributed by atoms with Crippen molar-refractivity contribution in [3.8, 4) is 0 Å². The molecule has 0 saturated carbocycles. The molecule has 192 valence electrons. The lowest BCUT2D eigenvalue weighted by molar-refractivity contribution is 0.0565. The highest BCUT2D eigenvalue weighted by molar-refractivity contribution is 7.91. The molecule has 4 atom stereocenters. The van der Waals surface area contributed by atoms with E-state index in [2.05, 4.69) is 20.3 Å². The second kappa shape index (κ2) is 8.97. The molecule has 2 aliphatic heterocycles. The maximum Gasteiger partial charge on any atom is 0.333 e. The number of allylic oxidation sites excluding steroid dienone is 2. The van der Waals surface area contributed by atoms with Crippen LogP contribution in [0.2, 0.25) is 0 Å². The summed E-state index contributed by atoms with van der Waals surface area (Å²) >= 11 is 0. The van der Waals surface area contributed by atoms with Gasteiger partial charge in [0.25, 0.3) is 0 Å². The van der Waals surface area contributed by atoms with Crippen LogP contribution in [-0.2, 0) is 10.0 Å². The Bertz CT molecular complexity index is 1440. The van der Waals surface area contributed by atoms with Crippen molar-refractivity contribution in [2.24, 2.45) is 0 Å². The average Bonchev–Trinajstić information content (AvgIpc) is 3.57. The zero-order valence-electron chi connectivity index (χ0n) is 19.5. The molecule has 0 spiro atoms. The van der Waals surface area contributed by atoms with Crippen molar-refractivity contribution >= 4 is 33.5 Å². The van der Waals surface area contributed by atoms with Crippen LogP contribution in [-0.4, -0.2) is 62.0 Å². The number of rotatable bonds is 5. The van der Waals surface area contributed by atoms with Gasteiger partial charge < -0.3 is 10.2 Å². The van der Waals surface area contributed by atoms with Gasteiger partial charge in [0.15, 0.2) is 5.65 Å². The predicted octanol–water partition coefficient (Wildman–Crippen LogP) is 3.66. The highest BCUT2D eigenvalue weighted by Crippen LogP contribution is 2.43. The Labute approximate surface area is 214 Å². The summed E-state index contributed by atoms with van der Waals surface area (Å²) in [5.74, 6) is -0.728. The number of aromatic nitrogens is 4. The van der Waals surface area contributed by atoms with E-state index in [0.717, 1.165) is 31.6 Å². The first-order chi connectivity index (χ1) is 16.8. The molecule has 2 fully saturated rings. The Morgan fingerprint density at radius 3 is 2.64 bits per heavy atom. The van der Waals surface area contributed by atoms with E-state index in [0.29, 0.717) is 33.4 Å². The normalized spacial score (nSPS) is 27.9. The Kier molecular flexibility index (Phi) is 6.20. The molecule has 3 aromatic rings. The topological polar surface area (TPSA) is 85.1 Å². The molecule has 2 saturated heterocycles. The van der Waals surface area contributed by atoms with Crippen LogP contribution in [0.3, 0.4) is 0 Å². The van der Waals surface area contributed by atoms with Gasteiger partial charge in [-0.3, -0.25) is 0 Å². The van der Waals surface area contributed by atoms with E-state index in [1.807, 2.05) is 12.2 Å². The molecule has 8 nitrogen and oxygen atoms in total. The Morgan fingerprint density at radius 1 is 1.19 bits per heavy atom. The van der Waals surface area contributed by atoms with Crippen molar-refractivity contribution in [2.75, 3.05) is 13.1 Å². The van der Waals surface area contributed by atoms with Gasteiger partial charge >= 0.3 is 6.55 Å². The van der Waals surface area contributed by atoms with Crippen molar-refractivity contribution in [1.82, 2.24) is 29.0 Å². The number of piperazine rings is 1. The molecule has 36 heavy (non-hydrogen) atoms. The molecular formula is C24H27ClF2N6O2S. The molecule has 6 rings (SSSR count). The first kappa shape index (κ1) is 24.9. The van der Waals surface area contributed by atoms with Gasteiger partial charge in [-0.05, 0) is 49.6 Å². The minimum atomic E-state index is -4.05. The van der Waals surface area contributed by atoms with Crippen LogP contribution in [0.15, 0.2) is 66.9 Å². The van der Waals surface area contributed by atoms with Gasteiger partial charge in [-0.1, -0.05) is 12.2 Å². The smallest absolute Gasteiger partial charge is 0.333 e. The molecule has 0 radical (unpaired) electrons. The molecule has 1 N–H and O–H groups in total. The quantitative estimate of drug-likeness (QED) is 0.536. The van der Waals surface area contributed by atoms with Crippen LogP contribution in [0.1, 0.15) is 37.8 Å². The van der Waals surface area contributed by atoms with Crippen LogP contribution < -0.4 is 5.32 Å². The fourth-order valence-electron chi connectivity index (χ4n) is 5.61. The van der Waals surface area contributed by atoms with E-state index in [-0.39, 0.29) is 12.4 Å². The van der Waals surface area contributed by atoms with Gasteiger partial charge in [0, 0.05) is 60.8 Å². The third kappa shape index (κ3) is 3.84. The molecule has 1 aliphatic carbocycles. The maximum atomic E-state index is 14.1. The fraction of sp³-hybridized carbons (Fsp3) is 0.417. The van der Waals surface area contributed by atoms with Crippen molar-refractivity contribution in [2.45, 2.75) is 49.1 Å². The number of fused-ring (bicyclic) bond motifs is 3. The summed E-state index contributed by atoms with van der Waals surface area (Å²) in [6.45, 7) is 0.471. The van der Waals surface area contributed by atoms with Crippen molar-refractivity contribution < 1.29 is 17.2 Å². The largest absolute Gasteiger partial charge is 0.369 e. The summed E-state index contributed by atoms with van der Waals surface area (Å²) < 4.78 is 55.3. The number of likely N-dealkylation sites (tertiary alicyclic amines) is 1. The van der Waals surface area contributed by atoms with Gasteiger partial charge in [0.1, 0.15) is 4.75 Å². The van der Waals surface area contributed by atoms with Crippen molar-refractivity contribution in [1.29, 1.82) is 0 Å². The summed E-state index contributed by atoms with van der Waals surface area (Å²) in [6.07, 6.45) is 13.3.